The number of hydrogen-bond acceptors (Lipinski definition) is 5. The van der Waals surface area contributed by atoms with Crippen molar-refractivity contribution in [1.82, 2.24) is 0 Å². The number of ether oxygens (including phenoxy) is 3. The van der Waals surface area contributed by atoms with E-state index >= 15 is 0 Å². The Morgan fingerprint density at radius 1 is 1.28 bits per heavy atom. The monoisotopic (exact) mass is 255 g/mol. The van der Waals surface area contributed by atoms with Gasteiger partial charge in [-0.2, -0.15) is 0 Å². The van der Waals surface area contributed by atoms with E-state index in [0.29, 0.717) is 19.8 Å². The zero-order chi connectivity index (χ0) is 13.4. The molecule has 1 rings (SSSR count). The first kappa shape index (κ1) is 14.3. The Hall–Kier alpha value is -1.79. The van der Waals surface area contributed by atoms with E-state index < -0.39 is 5.97 Å². The Morgan fingerprint density at radius 2 is 2.00 bits per heavy atom. The van der Waals surface area contributed by atoms with E-state index in [4.69, 9.17) is 25.1 Å². The average Bonchev–Trinajstić information content (AvgIpc) is 2.33. The zero-order valence-corrected chi connectivity index (χ0v) is 10.2. The van der Waals surface area contributed by atoms with E-state index in [9.17, 15) is 4.79 Å². The lowest BCUT2D eigenvalue weighted by Gasteiger charge is -2.10. The largest absolute Gasteiger partial charge is 0.490 e. The van der Waals surface area contributed by atoms with Gasteiger partial charge in [-0.3, -0.25) is 0 Å². The maximum atomic E-state index is 11.0. The SMILES string of the molecule is COCCOCCOc1cccc(N)c1C(=O)O. The molecule has 0 aromatic heterocycles. The van der Waals surface area contributed by atoms with Crippen LogP contribution < -0.4 is 10.5 Å². The number of hydrogen-bond donors (Lipinski definition) is 2. The summed E-state index contributed by atoms with van der Waals surface area (Å²) in [4.78, 5) is 11.0. The number of methoxy groups -OCH3 is 1. The summed E-state index contributed by atoms with van der Waals surface area (Å²) in [6, 6.07) is 4.73. The Bertz CT molecular complexity index is 394. The summed E-state index contributed by atoms with van der Waals surface area (Å²) in [6.45, 7) is 1.60. The van der Waals surface area contributed by atoms with Crippen molar-refractivity contribution in [3.63, 3.8) is 0 Å². The third kappa shape index (κ3) is 4.23. The highest BCUT2D eigenvalue weighted by Crippen LogP contribution is 2.24. The average molecular weight is 255 g/mol. The molecule has 0 amide bonds. The Kier molecular flexibility index (Phi) is 5.96. The molecule has 100 valence electrons. The summed E-state index contributed by atoms with van der Waals surface area (Å²) >= 11 is 0. The van der Waals surface area contributed by atoms with Gasteiger partial charge in [0.05, 0.1) is 19.8 Å². The summed E-state index contributed by atoms with van der Waals surface area (Å²) in [7, 11) is 1.59. The molecule has 1 aromatic carbocycles. The van der Waals surface area contributed by atoms with E-state index in [0.717, 1.165) is 0 Å². The molecule has 0 saturated heterocycles. The molecule has 0 aliphatic rings. The lowest BCUT2D eigenvalue weighted by atomic mass is 10.1. The molecule has 0 unspecified atom stereocenters. The summed E-state index contributed by atoms with van der Waals surface area (Å²) in [5.74, 6) is -0.860. The molecule has 0 saturated carbocycles. The predicted molar refractivity (Wildman–Crippen MR) is 66.0 cm³/mol. The Labute approximate surface area is 105 Å². The van der Waals surface area contributed by atoms with E-state index in [1.54, 1.807) is 19.2 Å². The van der Waals surface area contributed by atoms with Crippen LogP contribution >= 0.6 is 0 Å². The number of nitrogen functional groups attached to an aromatic ring is 1. The summed E-state index contributed by atoms with van der Waals surface area (Å²) < 4.78 is 15.3. The van der Waals surface area contributed by atoms with Gasteiger partial charge in [-0.05, 0) is 12.1 Å². The fourth-order valence-electron chi connectivity index (χ4n) is 1.35. The number of carbonyl (C=O) groups is 1. The number of anilines is 1. The molecule has 0 aliphatic heterocycles. The van der Waals surface area contributed by atoms with Gasteiger partial charge in [-0.1, -0.05) is 6.07 Å². The molecule has 0 radical (unpaired) electrons. The minimum atomic E-state index is -1.11. The smallest absolute Gasteiger partial charge is 0.341 e. The van der Waals surface area contributed by atoms with Crippen LogP contribution in [0.3, 0.4) is 0 Å². The number of carboxylic acid groups (broad SMARTS) is 1. The second kappa shape index (κ2) is 7.52. The van der Waals surface area contributed by atoms with Gasteiger partial charge in [0.25, 0.3) is 0 Å². The molecule has 0 bridgehead atoms. The highest BCUT2D eigenvalue weighted by Gasteiger charge is 2.14. The van der Waals surface area contributed by atoms with Crippen molar-refractivity contribution in [2.24, 2.45) is 0 Å². The first-order chi connectivity index (χ1) is 8.66. The third-order valence-corrected chi connectivity index (χ3v) is 2.19. The maximum Gasteiger partial charge on any atom is 0.341 e. The fraction of sp³-hybridized carbons (Fsp3) is 0.417. The highest BCUT2D eigenvalue weighted by atomic mass is 16.5. The molecule has 1 aromatic rings. The van der Waals surface area contributed by atoms with Gasteiger partial charge < -0.3 is 25.1 Å². The van der Waals surface area contributed by atoms with Gasteiger partial charge in [0.15, 0.2) is 0 Å². The summed E-state index contributed by atoms with van der Waals surface area (Å²) in [6.07, 6.45) is 0. The summed E-state index contributed by atoms with van der Waals surface area (Å²) in [5.41, 5.74) is 5.75. The molecule has 0 heterocycles. The first-order valence-corrected chi connectivity index (χ1v) is 5.48. The third-order valence-electron chi connectivity index (χ3n) is 2.19. The number of carboxylic acids is 1. The van der Waals surface area contributed by atoms with Gasteiger partial charge in [-0.15, -0.1) is 0 Å². The van der Waals surface area contributed by atoms with Crippen molar-refractivity contribution >= 4 is 11.7 Å². The van der Waals surface area contributed by atoms with E-state index in [-0.39, 0.29) is 23.6 Å². The molecular weight excluding hydrogens is 238 g/mol. The maximum absolute atomic E-state index is 11.0. The molecule has 6 heteroatoms. The van der Waals surface area contributed by atoms with Crippen LogP contribution in [0.2, 0.25) is 0 Å². The van der Waals surface area contributed by atoms with Crippen LogP contribution in [-0.4, -0.2) is 44.6 Å². The molecule has 0 atom stereocenters. The van der Waals surface area contributed by atoms with Gasteiger partial charge in [-0.25, -0.2) is 4.79 Å². The molecule has 3 N–H and O–H groups in total. The summed E-state index contributed by atoms with van der Waals surface area (Å²) in [5, 5.41) is 9.01. The quantitative estimate of drug-likeness (QED) is 0.532. The van der Waals surface area contributed by atoms with Gasteiger partial charge >= 0.3 is 5.97 Å². The van der Waals surface area contributed by atoms with Crippen molar-refractivity contribution in [2.45, 2.75) is 0 Å². The van der Waals surface area contributed by atoms with Gasteiger partial charge in [0, 0.05) is 12.8 Å². The molecule has 0 fully saturated rings. The van der Waals surface area contributed by atoms with E-state index in [1.807, 2.05) is 0 Å². The number of nitrogens with two attached hydrogens (primary N) is 1. The van der Waals surface area contributed by atoms with Crippen molar-refractivity contribution < 1.29 is 24.1 Å². The van der Waals surface area contributed by atoms with Crippen molar-refractivity contribution in [2.75, 3.05) is 39.3 Å². The highest BCUT2D eigenvalue weighted by molar-refractivity contribution is 5.96. The van der Waals surface area contributed by atoms with E-state index in [2.05, 4.69) is 0 Å². The Balaban J connectivity index is 2.47. The van der Waals surface area contributed by atoms with Crippen LogP contribution in [0.5, 0.6) is 5.75 Å². The molecular formula is C12H17NO5. The predicted octanol–water partition coefficient (Wildman–Crippen LogP) is 1.01. The minimum Gasteiger partial charge on any atom is -0.490 e. The number of rotatable bonds is 8. The Morgan fingerprint density at radius 3 is 2.67 bits per heavy atom. The van der Waals surface area contributed by atoms with Crippen LogP contribution in [0.1, 0.15) is 10.4 Å². The van der Waals surface area contributed by atoms with Crippen LogP contribution in [0.4, 0.5) is 5.69 Å². The van der Waals surface area contributed by atoms with E-state index in [1.165, 1.54) is 6.07 Å². The molecule has 18 heavy (non-hydrogen) atoms. The standard InChI is InChI=1S/C12H17NO5/c1-16-5-6-17-7-8-18-10-4-2-3-9(13)11(10)12(14)15/h2-4H,5-8,13H2,1H3,(H,14,15). The van der Waals surface area contributed by atoms with Crippen LogP contribution in [0, 0.1) is 0 Å². The lowest BCUT2D eigenvalue weighted by molar-refractivity contribution is 0.0535. The molecule has 0 aliphatic carbocycles. The molecule has 6 nitrogen and oxygen atoms in total. The van der Waals surface area contributed by atoms with Gasteiger partial charge in [0.2, 0.25) is 0 Å². The lowest BCUT2D eigenvalue weighted by Crippen LogP contribution is -2.12. The van der Waals surface area contributed by atoms with Crippen molar-refractivity contribution in [3.8, 4) is 5.75 Å². The van der Waals surface area contributed by atoms with Gasteiger partial charge in [0.1, 0.15) is 17.9 Å². The topological polar surface area (TPSA) is 91.0 Å². The van der Waals surface area contributed by atoms with Crippen LogP contribution in [0.15, 0.2) is 18.2 Å². The minimum absolute atomic E-state index is 0.0191. The zero-order valence-electron chi connectivity index (χ0n) is 10.2. The van der Waals surface area contributed by atoms with Crippen LogP contribution in [0.25, 0.3) is 0 Å². The second-order valence-electron chi connectivity index (χ2n) is 3.48. The molecule has 0 spiro atoms. The van der Waals surface area contributed by atoms with Crippen molar-refractivity contribution in [1.29, 1.82) is 0 Å². The second-order valence-corrected chi connectivity index (χ2v) is 3.48. The normalized spacial score (nSPS) is 10.3. The van der Waals surface area contributed by atoms with Crippen molar-refractivity contribution in [3.05, 3.63) is 23.8 Å². The first-order valence-electron chi connectivity index (χ1n) is 5.48. The number of benzene rings is 1. The van der Waals surface area contributed by atoms with Crippen LogP contribution in [-0.2, 0) is 9.47 Å². The number of aromatic carboxylic acids is 1. The fourth-order valence-corrected chi connectivity index (χ4v) is 1.35.